The Balaban J connectivity index is 0.00000237. The maximum absolute atomic E-state index is 14.4. The Labute approximate surface area is 249 Å². The van der Waals surface area contributed by atoms with Gasteiger partial charge in [-0.15, -0.1) is 0 Å². The number of rotatable bonds is 9. The Morgan fingerprint density at radius 2 is 2.05 bits per heavy atom. The van der Waals surface area contributed by atoms with E-state index in [9.17, 15) is 9.18 Å². The van der Waals surface area contributed by atoms with Crippen LogP contribution in [-0.2, 0) is 4.74 Å². The molecule has 42 heavy (non-hydrogen) atoms. The highest BCUT2D eigenvalue weighted by Gasteiger charge is 2.18. The third-order valence-electron chi connectivity index (χ3n) is 5.82. The lowest BCUT2D eigenvalue weighted by Crippen LogP contribution is -2.46. The van der Waals surface area contributed by atoms with Gasteiger partial charge in [-0.2, -0.15) is 5.26 Å². The molecule has 1 saturated heterocycles. The number of methoxy groups -OCH3 is 1. The molecule has 0 radical (unpaired) electrons. The molecule has 1 aromatic carbocycles. The predicted molar refractivity (Wildman–Crippen MR) is 158 cm³/mol. The number of aliphatic imine (C=N–C) groups is 1. The number of pyridine rings is 1. The molecule has 3 heterocycles. The van der Waals surface area contributed by atoms with Crippen LogP contribution in [0.25, 0.3) is 11.4 Å². The highest BCUT2D eigenvalue weighted by molar-refractivity contribution is 6.30. The minimum absolute atomic E-state index is 0.0891. The average Bonchev–Trinajstić information content (AvgIpc) is 3.03. The molecule has 1 fully saturated rings. The number of ether oxygens (including phenoxy) is 2. The molecule has 2 aromatic heterocycles. The number of halogens is 2. The quantitative estimate of drug-likeness (QED) is 0.109. The van der Waals surface area contributed by atoms with Crippen LogP contribution in [0.1, 0.15) is 30.6 Å². The maximum atomic E-state index is 14.4. The molecule has 12 nitrogen and oxygen atoms in total. The lowest BCUT2D eigenvalue weighted by atomic mass is 10.2. The van der Waals surface area contributed by atoms with Crippen LogP contribution in [0.15, 0.2) is 47.8 Å². The summed E-state index contributed by atoms with van der Waals surface area (Å²) in [5, 5.41) is 17.9. The number of aromatic nitrogens is 3. The summed E-state index contributed by atoms with van der Waals surface area (Å²) in [7, 11) is 1.45. The molecule has 0 unspecified atom stereocenters. The van der Waals surface area contributed by atoms with Crippen molar-refractivity contribution in [3.63, 3.8) is 0 Å². The van der Waals surface area contributed by atoms with Gasteiger partial charge in [0.1, 0.15) is 5.82 Å². The molecule has 14 heteroatoms. The number of nitrogens with one attached hydrogen (secondary N) is 3. The van der Waals surface area contributed by atoms with Gasteiger partial charge in [-0.25, -0.2) is 14.4 Å². The zero-order valence-electron chi connectivity index (χ0n) is 23.7. The van der Waals surface area contributed by atoms with Crippen LogP contribution in [0.3, 0.4) is 0 Å². The molecule has 0 aliphatic carbocycles. The van der Waals surface area contributed by atoms with Crippen molar-refractivity contribution in [3.8, 4) is 23.3 Å². The van der Waals surface area contributed by atoms with E-state index in [1.165, 1.54) is 43.9 Å². The fourth-order valence-corrected chi connectivity index (χ4v) is 4.00. The zero-order valence-corrected chi connectivity index (χ0v) is 24.4. The molecule has 1 aliphatic heterocycles. The Morgan fingerprint density at radius 3 is 2.79 bits per heavy atom. The standard InChI is InChI=1S/C26H27ClFN9O3.C2H6/c1-39-22-15-33-23(18-13-17(27)3-4-20(18)28)36-24(22)35-21-5-8-30-14-19(21)25(38)31-6-2-7-32-26(34-16-29)37-9-11-40-12-10-37;1-2/h3-5,8,13-15H,2,6-7,9-12H2,1H3,(H,31,38)(H,32,34)(H,30,33,35,36);1-2H3. The Kier molecular flexibility index (Phi) is 12.7. The number of nitrogens with zero attached hydrogens (tertiary/aromatic N) is 6. The molecule has 4 rings (SSSR count). The van der Waals surface area contributed by atoms with Crippen molar-refractivity contribution >= 4 is 35.0 Å². The van der Waals surface area contributed by atoms with Crippen LogP contribution in [0, 0.1) is 17.3 Å². The van der Waals surface area contributed by atoms with Gasteiger partial charge in [0.15, 0.2) is 23.6 Å². The third-order valence-corrected chi connectivity index (χ3v) is 6.06. The number of hydrogen-bond acceptors (Lipinski definition) is 9. The van der Waals surface area contributed by atoms with Crippen molar-refractivity contribution in [2.45, 2.75) is 20.3 Å². The highest BCUT2D eigenvalue weighted by atomic mass is 35.5. The van der Waals surface area contributed by atoms with Gasteiger partial charge in [0.25, 0.3) is 5.91 Å². The van der Waals surface area contributed by atoms with Crippen molar-refractivity contribution in [2.75, 3.05) is 51.8 Å². The summed E-state index contributed by atoms with van der Waals surface area (Å²) >= 11 is 6.03. The summed E-state index contributed by atoms with van der Waals surface area (Å²) < 4.78 is 25.1. The second kappa shape index (κ2) is 16.7. The molecule has 0 bridgehead atoms. The molecule has 3 N–H and O–H groups in total. The smallest absolute Gasteiger partial charge is 0.254 e. The number of morpholine rings is 1. The van der Waals surface area contributed by atoms with Crippen molar-refractivity contribution in [3.05, 3.63) is 59.3 Å². The van der Waals surface area contributed by atoms with Gasteiger partial charge in [-0.1, -0.05) is 25.4 Å². The molecule has 1 aliphatic rings. The molecular formula is C28H33ClFN9O3. The summed E-state index contributed by atoms with van der Waals surface area (Å²) in [5.41, 5.74) is 0.797. The lowest BCUT2D eigenvalue weighted by Gasteiger charge is -2.28. The van der Waals surface area contributed by atoms with Crippen LogP contribution in [0.2, 0.25) is 5.02 Å². The first-order valence-electron chi connectivity index (χ1n) is 13.4. The summed E-state index contributed by atoms with van der Waals surface area (Å²) in [6, 6.07) is 5.71. The average molecular weight is 598 g/mol. The van der Waals surface area contributed by atoms with E-state index in [0.29, 0.717) is 62.5 Å². The second-order valence-electron chi connectivity index (χ2n) is 8.43. The molecular weight excluding hydrogens is 565 g/mol. The van der Waals surface area contributed by atoms with E-state index in [4.69, 9.17) is 26.3 Å². The first-order valence-corrected chi connectivity index (χ1v) is 13.8. The monoisotopic (exact) mass is 597 g/mol. The van der Waals surface area contributed by atoms with Gasteiger partial charge in [0.05, 0.1) is 43.3 Å². The van der Waals surface area contributed by atoms with E-state index in [2.05, 4.69) is 35.9 Å². The number of carbonyl (C=O) groups excluding carboxylic acids is 1. The van der Waals surface area contributed by atoms with Gasteiger partial charge in [0, 0.05) is 43.6 Å². The Hall–Kier alpha value is -4.54. The van der Waals surface area contributed by atoms with Gasteiger partial charge < -0.3 is 25.0 Å². The number of amides is 1. The van der Waals surface area contributed by atoms with Gasteiger partial charge >= 0.3 is 0 Å². The molecule has 222 valence electrons. The fourth-order valence-electron chi connectivity index (χ4n) is 3.83. The van der Waals surface area contributed by atoms with E-state index in [1.807, 2.05) is 24.9 Å². The highest BCUT2D eigenvalue weighted by Crippen LogP contribution is 2.30. The first kappa shape index (κ1) is 32.0. The molecule has 0 atom stereocenters. The largest absolute Gasteiger partial charge is 0.491 e. The number of guanidine groups is 1. The van der Waals surface area contributed by atoms with Crippen LogP contribution in [0.4, 0.5) is 15.9 Å². The van der Waals surface area contributed by atoms with Crippen LogP contribution < -0.4 is 20.7 Å². The minimum atomic E-state index is -0.533. The van der Waals surface area contributed by atoms with Crippen LogP contribution in [0.5, 0.6) is 5.75 Å². The Bertz CT molecular complexity index is 1410. The topological polar surface area (TPSA) is 150 Å². The number of carbonyl (C=O) groups is 1. The predicted octanol–water partition coefficient (Wildman–Crippen LogP) is 3.99. The van der Waals surface area contributed by atoms with Crippen LogP contribution in [-0.4, -0.2) is 78.2 Å². The molecule has 0 saturated carbocycles. The number of hydrogen-bond donors (Lipinski definition) is 3. The SMILES string of the molecule is CC.COc1cnc(-c2cc(Cl)ccc2F)nc1Nc1ccncc1C(=O)NCCCN=C(NC#N)N1CCOCC1. The molecule has 1 amide bonds. The number of benzene rings is 1. The van der Waals surface area contributed by atoms with E-state index < -0.39 is 5.82 Å². The Morgan fingerprint density at radius 1 is 1.26 bits per heavy atom. The van der Waals surface area contributed by atoms with E-state index in [0.717, 1.165) is 0 Å². The zero-order chi connectivity index (χ0) is 30.3. The molecule has 0 spiro atoms. The lowest BCUT2D eigenvalue weighted by molar-refractivity contribution is 0.0668. The van der Waals surface area contributed by atoms with Crippen molar-refractivity contribution < 1.29 is 18.7 Å². The van der Waals surface area contributed by atoms with E-state index >= 15 is 0 Å². The van der Waals surface area contributed by atoms with Gasteiger partial charge in [-0.3, -0.25) is 20.1 Å². The fraction of sp³-hybridized carbons (Fsp3) is 0.357. The van der Waals surface area contributed by atoms with Crippen molar-refractivity contribution in [1.29, 1.82) is 5.26 Å². The summed E-state index contributed by atoms with van der Waals surface area (Å²) in [6.45, 7) is 7.18. The first-order chi connectivity index (χ1) is 20.5. The summed E-state index contributed by atoms with van der Waals surface area (Å²) in [6.07, 6.45) is 6.80. The minimum Gasteiger partial charge on any atom is -0.491 e. The normalized spacial score (nSPS) is 12.9. The van der Waals surface area contributed by atoms with Crippen molar-refractivity contribution in [1.82, 2.24) is 30.5 Å². The van der Waals surface area contributed by atoms with Gasteiger partial charge in [-0.05, 0) is 30.7 Å². The van der Waals surface area contributed by atoms with E-state index in [-0.39, 0.29) is 34.4 Å². The maximum Gasteiger partial charge on any atom is 0.254 e. The molecule has 3 aromatic rings. The number of anilines is 2. The van der Waals surface area contributed by atoms with Gasteiger partial charge in [0.2, 0.25) is 5.96 Å². The van der Waals surface area contributed by atoms with Crippen LogP contribution >= 0.6 is 11.6 Å². The number of nitriles is 1. The van der Waals surface area contributed by atoms with Crippen molar-refractivity contribution in [2.24, 2.45) is 4.99 Å². The third kappa shape index (κ3) is 8.73. The summed E-state index contributed by atoms with van der Waals surface area (Å²) in [5.74, 6) is 0.195. The van der Waals surface area contributed by atoms with E-state index in [1.54, 1.807) is 6.07 Å². The summed E-state index contributed by atoms with van der Waals surface area (Å²) in [4.78, 5) is 32.1. The second-order valence-corrected chi connectivity index (χ2v) is 8.87.